The summed E-state index contributed by atoms with van der Waals surface area (Å²) >= 11 is 0. The highest BCUT2D eigenvalue weighted by atomic mass is 16.5. The zero-order valence-corrected chi connectivity index (χ0v) is 15.8. The van der Waals surface area contributed by atoms with Crippen LogP contribution in [0.4, 0.5) is 0 Å². The predicted octanol–water partition coefficient (Wildman–Crippen LogP) is 4.71. The van der Waals surface area contributed by atoms with Crippen LogP contribution in [-0.4, -0.2) is 16.8 Å². The largest absolute Gasteiger partial charge is 0.489 e. The number of ether oxygens (including phenoxy) is 1. The van der Waals surface area contributed by atoms with Gasteiger partial charge in [0.25, 0.3) is 0 Å². The molecule has 28 heavy (non-hydrogen) atoms. The quantitative estimate of drug-likeness (QED) is 0.667. The highest BCUT2D eigenvalue weighted by Gasteiger charge is 2.42. The number of nitrogens with zero attached hydrogens (tertiary/aromatic N) is 1. The highest BCUT2D eigenvalue weighted by Crippen LogP contribution is 2.41. The predicted molar refractivity (Wildman–Crippen MR) is 109 cm³/mol. The second-order valence-corrected chi connectivity index (χ2v) is 7.72. The highest BCUT2D eigenvalue weighted by molar-refractivity contribution is 5.81. The standard InChI is InChI=1S/C25H23NO2/c27-25-15-23(24-14-19-9-4-5-10-21(19)16-26(24)25)20-11-6-12-22(13-20)28-17-18-7-2-1-3-8-18/h1-13,23-24H,14-17H2. The number of hydrogen-bond donors (Lipinski definition) is 0. The van der Waals surface area contributed by atoms with Crippen molar-refractivity contribution < 1.29 is 9.53 Å². The third-order valence-electron chi connectivity index (χ3n) is 6.00. The van der Waals surface area contributed by atoms with Gasteiger partial charge in [-0.3, -0.25) is 4.79 Å². The summed E-state index contributed by atoms with van der Waals surface area (Å²) in [7, 11) is 0. The molecule has 140 valence electrons. The third kappa shape index (κ3) is 3.18. The van der Waals surface area contributed by atoms with Gasteiger partial charge in [-0.05, 0) is 40.8 Å². The maximum absolute atomic E-state index is 12.7. The molecule has 1 saturated heterocycles. The van der Waals surface area contributed by atoms with Gasteiger partial charge in [0.1, 0.15) is 12.4 Å². The second kappa shape index (κ2) is 7.16. The molecule has 2 atom stereocenters. The van der Waals surface area contributed by atoms with Crippen LogP contribution in [0.2, 0.25) is 0 Å². The van der Waals surface area contributed by atoms with Crippen LogP contribution in [0.15, 0.2) is 78.9 Å². The SMILES string of the molecule is O=C1CC(c2cccc(OCc3ccccc3)c2)C2Cc3ccccc3CN12. The summed E-state index contributed by atoms with van der Waals surface area (Å²) in [6.45, 7) is 1.29. The lowest BCUT2D eigenvalue weighted by molar-refractivity contribution is -0.129. The van der Waals surface area contributed by atoms with Crippen molar-refractivity contribution >= 4 is 5.91 Å². The average molecular weight is 369 g/mol. The molecular formula is C25H23NO2. The van der Waals surface area contributed by atoms with E-state index >= 15 is 0 Å². The van der Waals surface area contributed by atoms with Gasteiger partial charge in [0.05, 0.1) is 0 Å². The van der Waals surface area contributed by atoms with Crippen molar-refractivity contribution in [3.8, 4) is 5.75 Å². The summed E-state index contributed by atoms with van der Waals surface area (Å²) in [5, 5.41) is 0. The van der Waals surface area contributed by atoms with Gasteiger partial charge < -0.3 is 9.64 Å². The first-order valence-electron chi connectivity index (χ1n) is 9.91. The molecule has 0 N–H and O–H groups in total. The van der Waals surface area contributed by atoms with E-state index in [1.54, 1.807) is 0 Å². The van der Waals surface area contributed by atoms with Crippen LogP contribution in [-0.2, 0) is 24.4 Å². The zero-order chi connectivity index (χ0) is 18.9. The van der Waals surface area contributed by atoms with Gasteiger partial charge in [-0.25, -0.2) is 0 Å². The Bertz CT molecular complexity index is 998. The minimum Gasteiger partial charge on any atom is -0.489 e. The van der Waals surface area contributed by atoms with Gasteiger partial charge in [-0.15, -0.1) is 0 Å². The van der Waals surface area contributed by atoms with Gasteiger partial charge >= 0.3 is 0 Å². The van der Waals surface area contributed by atoms with Crippen LogP contribution in [0.3, 0.4) is 0 Å². The van der Waals surface area contributed by atoms with Crippen molar-refractivity contribution in [2.75, 3.05) is 0 Å². The van der Waals surface area contributed by atoms with Crippen LogP contribution in [0.5, 0.6) is 5.75 Å². The third-order valence-corrected chi connectivity index (χ3v) is 6.00. The molecule has 5 rings (SSSR count). The molecule has 3 heteroatoms. The van der Waals surface area contributed by atoms with Gasteiger partial charge in [0, 0.05) is 24.9 Å². The molecule has 0 bridgehead atoms. The molecule has 3 aromatic rings. The molecule has 3 nitrogen and oxygen atoms in total. The Morgan fingerprint density at radius 3 is 2.50 bits per heavy atom. The van der Waals surface area contributed by atoms with Gasteiger partial charge in [0.2, 0.25) is 5.91 Å². The van der Waals surface area contributed by atoms with Crippen LogP contribution in [0.1, 0.15) is 34.6 Å². The summed E-state index contributed by atoms with van der Waals surface area (Å²) < 4.78 is 6.01. The number of carbonyl (C=O) groups is 1. The first kappa shape index (κ1) is 17.1. The molecule has 2 heterocycles. The summed E-state index contributed by atoms with van der Waals surface area (Å²) in [6.07, 6.45) is 1.52. The van der Waals surface area contributed by atoms with E-state index in [9.17, 15) is 4.79 Å². The molecule has 1 amide bonds. The Kier molecular flexibility index (Phi) is 4.36. The van der Waals surface area contributed by atoms with Crippen LogP contribution in [0.25, 0.3) is 0 Å². The Hall–Kier alpha value is -3.07. The van der Waals surface area contributed by atoms with Gasteiger partial charge in [0.15, 0.2) is 0 Å². The van der Waals surface area contributed by atoms with E-state index in [0.717, 1.165) is 24.3 Å². The molecule has 0 aromatic heterocycles. The number of carbonyl (C=O) groups excluding carboxylic acids is 1. The summed E-state index contributed by atoms with van der Waals surface area (Å²) in [5.74, 6) is 1.35. The lowest BCUT2D eigenvalue weighted by atomic mass is 9.85. The lowest BCUT2D eigenvalue weighted by Crippen LogP contribution is -2.39. The zero-order valence-electron chi connectivity index (χ0n) is 15.8. The maximum Gasteiger partial charge on any atom is 0.223 e. The molecule has 0 spiro atoms. The van der Waals surface area contributed by atoms with Crippen molar-refractivity contribution in [3.63, 3.8) is 0 Å². The number of amides is 1. The molecule has 0 aliphatic carbocycles. The van der Waals surface area contributed by atoms with Crippen LogP contribution >= 0.6 is 0 Å². The molecule has 0 radical (unpaired) electrons. The lowest BCUT2D eigenvalue weighted by Gasteiger charge is -2.34. The van der Waals surface area contributed by atoms with Crippen molar-refractivity contribution in [1.82, 2.24) is 4.90 Å². The summed E-state index contributed by atoms with van der Waals surface area (Å²) in [5.41, 5.74) is 5.01. The molecule has 0 saturated carbocycles. The molecule has 2 aliphatic heterocycles. The molecule has 3 aromatic carbocycles. The number of fused-ring (bicyclic) bond motifs is 2. The van der Waals surface area contributed by atoms with E-state index in [1.807, 2.05) is 30.3 Å². The molecule has 1 fully saturated rings. The molecular weight excluding hydrogens is 346 g/mol. The minimum atomic E-state index is 0.223. The monoisotopic (exact) mass is 369 g/mol. The normalized spacial score (nSPS) is 20.6. The average Bonchev–Trinajstić information content (AvgIpc) is 3.07. The van der Waals surface area contributed by atoms with E-state index in [1.165, 1.54) is 16.7 Å². The summed E-state index contributed by atoms with van der Waals surface area (Å²) in [6, 6.07) is 27.2. The van der Waals surface area contributed by atoms with Crippen molar-refractivity contribution in [1.29, 1.82) is 0 Å². The Balaban J connectivity index is 1.37. The Morgan fingerprint density at radius 1 is 0.857 bits per heavy atom. The fraction of sp³-hybridized carbons (Fsp3) is 0.240. The first-order valence-corrected chi connectivity index (χ1v) is 9.91. The fourth-order valence-electron chi connectivity index (χ4n) is 4.54. The van der Waals surface area contributed by atoms with E-state index in [-0.39, 0.29) is 17.9 Å². The number of hydrogen-bond acceptors (Lipinski definition) is 2. The first-order chi connectivity index (χ1) is 13.8. The van der Waals surface area contributed by atoms with Gasteiger partial charge in [-0.2, -0.15) is 0 Å². The fourth-order valence-corrected chi connectivity index (χ4v) is 4.54. The van der Waals surface area contributed by atoms with Crippen LogP contribution in [0, 0.1) is 0 Å². The molecule has 2 unspecified atom stereocenters. The van der Waals surface area contributed by atoms with Crippen molar-refractivity contribution in [2.45, 2.75) is 38.0 Å². The second-order valence-electron chi connectivity index (χ2n) is 7.72. The van der Waals surface area contributed by atoms with E-state index in [2.05, 4.69) is 53.4 Å². The maximum atomic E-state index is 12.7. The minimum absolute atomic E-state index is 0.223. The van der Waals surface area contributed by atoms with E-state index in [0.29, 0.717) is 13.0 Å². The van der Waals surface area contributed by atoms with Gasteiger partial charge in [-0.1, -0.05) is 66.7 Å². The summed E-state index contributed by atoms with van der Waals surface area (Å²) in [4.78, 5) is 14.8. The van der Waals surface area contributed by atoms with Crippen molar-refractivity contribution in [3.05, 3.63) is 101 Å². The number of rotatable bonds is 4. The number of benzene rings is 3. The molecule has 2 aliphatic rings. The smallest absolute Gasteiger partial charge is 0.223 e. The van der Waals surface area contributed by atoms with E-state index < -0.39 is 0 Å². The Morgan fingerprint density at radius 2 is 1.64 bits per heavy atom. The van der Waals surface area contributed by atoms with Crippen LogP contribution < -0.4 is 4.74 Å². The topological polar surface area (TPSA) is 29.5 Å². The van der Waals surface area contributed by atoms with Crippen molar-refractivity contribution in [2.24, 2.45) is 0 Å². The van der Waals surface area contributed by atoms with E-state index in [4.69, 9.17) is 4.74 Å². The Labute approximate surface area is 165 Å².